The Hall–Kier alpha value is -2.02. The topological polar surface area (TPSA) is 110 Å². The minimum absolute atomic E-state index is 0.0236. The average molecular weight is 305 g/mol. The van der Waals surface area contributed by atoms with Crippen LogP contribution in [0.4, 0.5) is 0 Å². The quantitative estimate of drug-likeness (QED) is 0.527. The number of hydrogen-bond donors (Lipinski definition) is 3. The summed E-state index contributed by atoms with van der Waals surface area (Å²) in [5.41, 5.74) is 5.06. The maximum atomic E-state index is 12.0. The minimum atomic E-state index is -0.755. The van der Waals surface area contributed by atoms with Crippen molar-refractivity contribution in [2.24, 2.45) is 5.73 Å². The summed E-state index contributed by atoms with van der Waals surface area (Å²) >= 11 is 0. The first-order valence-corrected chi connectivity index (χ1v) is 7.81. The van der Waals surface area contributed by atoms with E-state index in [1.54, 1.807) is 0 Å². The molecular weight excluding hydrogens is 282 g/mol. The number of aromatic nitrogens is 2. The van der Waals surface area contributed by atoms with Gasteiger partial charge >= 0.3 is 0 Å². The molecular formula is C15H23N5O2. The first-order chi connectivity index (χ1) is 10.7. The van der Waals surface area contributed by atoms with E-state index in [0.717, 1.165) is 0 Å². The van der Waals surface area contributed by atoms with Gasteiger partial charge in [0.15, 0.2) is 11.4 Å². The largest absolute Gasteiger partial charge is 0.364 e. The zero-order valence-corrected chi connectivity index (χ0v) is 12.7. The van der Waals surface area contributed by atoms with Crippen molar-refractivity contribution in [3.05, 3.63) is 23.8 Å². The van der Waals surface area contributed by atoms with Crippen molar-refractivity contribution in [2.45, 2.75) is 44.6 Å². The lowest BCUT2D eigenvalue weighted by Crippen LogP contribution is -2.37. The molecule has 0 aliphatic heterocycles. The Morgan fingerprint density at radius 2 is 1.68 bits per heavy atom. The number of nitrogens with zero attached hydrogens (tertiary/aromatic N) is 2. The predicted octanol–water partition coefficient (Wildman–Crippen LogP) is 0.618. The molecule has 1 fully saturated rings. The van der Waals surface area contributed by atoms with Crippen LogP contribution in [0.1, 0.15) is 59.5 Å². The van der Waals surface area contributed by atoms with Gasteiger partial charge in [-0.3, -0.25) is 9.59 Å². The number of hydrogen-bond acceptors (Lipinski definition) is 5. The van der Waals surface area contributed by atoms with Crippen molar-refractivity contribution in [1.29, 1.82) is 0 Å². The Balaban J connectivity index is 1.77. The standard InChI is InChI=1S/C15H23N5O2/c16-14(21)12-13(19-9-8-18-12)15(22)20-10-7-17-11-5-3-1-2-4-6-11/h8-9,11,17H,1-7,10H2,(H2,16,21)(H,20,22). The molecule has 0 aromatic carbocycles. The zero-order valence-electron chi connectivity index (χ0n) is 12.7. The number of rotatable bonds is 6. The van der Waals surface area contributed by atoms with Crippen LogP contribution in [0.15, 0.2) is 12.4 Å². The highest BCUT2D eigenvalue weighted by Gasteiger charge is 2.17. The average Bonchev–Trinajstić information content (AvgIpc) is 2.80. The van der Waals surface area contributed by atoms with Gasteiger partial charge in [0, 0.05) is 31.5 Å². The molecule has 7 heteroatoms. The van der Waals surface area contributed by atoms with Crippen LogP contribution in [0.2, 0.25) is 0 Å². The van der Waals surface area contributed by atoms with Gasteiger partial charge in [0.2, 0.25) is 0 Å². The van der Waals surface area contributed by atoms with E-state index in [1.165, 1.54) is 50.9 Å². The van der Waals surface area contributed by atoms with Crippen LogP contribution in [0.25, 0.3) is 0 Å². The van der Waals surface area contributed by atoms with Crippen molar-refractivity contribution in [3.63, 3.8) is 0 Å². The molecule has 1 aliphatic rings. The van der Waals surface area contributed by atoms with Gasteiger partial charge in [0.1, 0.15) is 0 Å². The number of nitrogens with two attached hydrogens (primary N) is 1. The van der Waals surface area contributed by atoms with E-state index in [4.69, 9.17) is 5.73 Å². The maximum absolute atomic E-state index is 12.0. The molecule has 4 N–H and O–H groups in total. The first kappa shape index (κ1) is 16.4. The Kier molecular flexibility index (Phi) is 6.27. The third-order valence-electron chi connectivity index (χ3n) is 3.85. The second kappa shape index (κ2) is 8.43. The summed E-state index contributed by atoms with van der Waals surface area (Å²) in [5.74, 6) is -1.18. The summed E-state index contributed by atoms with van der Waals surface area (Å²) in [6.45, 7) is 1.17. The highest BCUT2D eigenvalue weighted by atomic mass is 16.2. The number of primary amides is 1. The Labute approximate surface area is 130 Å². The van der Waals surface area contributed by atoms with Gasteiger partial charge in [-0.2, -0.15) is 0 Å². The molecule has 0 spiro atoms. The summed E-state index contributed by atoms with van der Waals surface area (Å²) in [4.78, 5) is 30.9. The van der Waals surface area contributed by atoms with Gasteiger partial charge in [-0.25, -0.2) is 9.97 Å². The third-order valence-corrected chi connectivity index (χ3v) is 3.85. The predicted molar refractivity (Wildman–Crippen MR) is 82.4 cm³/mol. The van der Waals surface area contributed by atoms with Crippen LogP contribution in [0.3, 0.4) is 0 Å². The number of nitrogens with one attached hydrogen (secondary N) is 2. The van der Waals surface area contributed by atoms with E-state index in [9.17, 15) is 9.59 Å². The highest BCUT2D eigenvalue weighted by molar-refractivity contribution is 6.03. The van der Waals surface area contributed by atoms with Crippen LogP contribution in [0.5, 0.6) is 0 Å². The number of amides is 2. The molecule has 7 nitrogen and oxygen atoms in total. The molecule has 0 saturated heterocycles. The lowest BCUT2D eigenvalue weighted by atomic mass is 10.1. The summed E-state index contributed by atoms with van der Waals surface area (Å²) in [6, 6.07) is 0.539. The molecule has 1 saturated carbocycles. The highest BCUT2D eigenvalue weighted by Crippen LogP contribution is 2.16. The minimum Gasteiger partial charge on any atom is -0.364 e. The van der Waals surface area contributed by atoms with Gasteiger partial charge in [0.25, 0.3) is 11.8 Å². The van der Waals surface area contributed by atoms with Crippen molar-refractivity contribution in [1.82, 2.24) is 20.6 Å². The first-order valence-electron chi connectivity index (χ1n) is 7.81. The zero-order chi connectivity index (χ0) is 15.8. The fraction of sp³-hybridized carbons (Fsp3) is 0.600. The van der Waals surface area contributed by atoms with Gasteiger partial charge in [-0.05, 0) is 12.8 Å². The molecule has 0 unspecified atom stereocenters. The van der Waals surface area contributed by atoms with Gasteiger partial charge in [-0.15, -0.1) is 0 Å². The second-order valence-electron chi connectivity index (χ2n) is 5.52. The molecule has 120 valence electrons. The molecule has 2 amide bonds. The maximum Gasteiger partial charge on any atom is 0.272 e. The van der Waals surface area contributed by atoms with Crippen LogP contribution < -0.4 is 16.4 Å². The third kappa shape index (κ3) is 4.77. The summed E-state index contributed by atoms with van der Waals surface area (Å²) in [5, 5.41) is 6.20. The Bertz CT molecular complexity index is 512. The van der Waals surface area contributed by atoms with Crippen molar-refractivity contribution >= 4 is 11.8 Å². The molecule has 1 heterocycles. The summed E-state index contributed by atoms with van der Waals surface area (Å²) in [6.07, 6.45) is 10.3. The fourth-order valence-corrected chi connectivity index (χ4v) is 2.70. The van der Waals surface area contributed by atoms with E-state index < -0.39 is 11.8 Å². The van der Waals surface area contributed by atoms with Crippen LogP contribution in [-0.2, 0) is 0 Å². The van der Waals surface area contributed by atoms with E-state index in [0.29, 0.717) is 19.1 Å². The normalized spacial score (nSPS) is 16.0. The molecule has 0 radical (unpaired) electrons. The van der Waals surface area contributed by atoms with Crippen molar-refractivity contribution in [2.75, 3.05) is 13.1 Å². The van der Waals surface area contributed by atoms with Gasteiger partial charge in [-0.1, -0.05) is 25.7 Å². The SMILES string of the molecule is NC(=O)c1nccnc1C(=O)NCCNC1CCCCCC1. The Morgan fingerprint density at radius 3 is 2.32 bits per heavy atom. The van der Waals surface area contributed by atoms with E-state index >= 15 is 0 Å². The molecule has 1 aliphatic carbocycles. The smallest absolute Gasteiger partial charge is 0.272 e. The lowest BCUT2D eigenvalue weighted by Gasteiger charge is -2.16. The number of carbonyl (C=O) groups is 2. The second-order valence-corrected chi connectivity index (χ2v) is 5.52. The molecule has 22 heavy (non-hydrogen) atoms. The molecule has 0 bridgehead atoms. The molecule has 1 aromatic rings. The lowest BCUT2D eigenvalue weighted by molar-refractivity contribution is 0.0928. The summed E-state index contributed by atoms with van der Waals surface area (Å²) < 4.78 is 0. The number of carbonyl (C=O) groups excluding carboxylic acids is 2. The fourth-order valence-electron chi connectivity index (χ4n) is 2.70. The summed E-state index contributed by atoms with van der Waals surface area (Å²) in [7, 11) is 0. The van der Waals surface area contributed by atoms with E-state index in [-0.39, 0.29) is 11.4 Å². The van der Waals surface area contributed by atoms with Crippen LogP contribution in [0, 0.1) is 0 Å². The molecule has 1 aromatic heterocycles. The van der Waals surface area contributed by atoms with Crippen LogP contribution >= 0.6 is 0 Å². The van der Waals surface area contributed by atoms with Crippen molar-refractivity contribution < 1.29 is 9.59 Å². The van der Waals surface area contributed by atoms with Crippen molar-refractivity contribution in [3.8, 4) is 0 Å². The van der Waals surface area contributed by atoms with E-state index in [2.05, 4.69) is 20.6 Å². The Morgan fingerprint density at radius 1 is 1.05 bits per heavy atom. The van der Waals surface area contributed by atoms with E-state index in [1.807, 2.05) is 0 Å². The molecule has 2 rings (SSSR count). The van der Waals surface area contributed by atoms with Gasteiger partial charge < -0.3 is 16.4 Å². The monoisotopic (exact) mass is 305 g/mol. The molecule has 0 atom stereocenters. The van der Waals surface area contributed by atoms with Gasteiger partial charge in [0.05, 0.1) is 0 Å². The van der Waals surface area contributed by atoms with Crippen LogP contribution in [-0.4, -0.2) is 40.9 Å².